The lowest BCUT2D eigenvalue weighted by Crippen LogP contribution is -2.41. The van der Waals surface area contributed by atoms with Crippen molar-refractivity contribution >= 4 is 0 Å². The molecular formula is C15H23NO2. The molecule has 1 saturated carbocycles. The molecule has 1 aliphatic carbocycles. The fourth-order valence-corrected chi connectivity index (χ4v) is 2.34. The normalized spacial score (nSPS) is 22.3. The third-order valence-electron chi connectivity index (χ3n) is 3.32. The zero-order valence-corrected chi connectivity index (χ0v) is 11.3. The van der Waals surface area contributed by atoms with E-state index in [0.717, 1.165) is 24.0 Å². The van der Waals surface area contributed by atoms with Gasteiger partial charge in [0.2, 0.25) is 0 Å². The van der Waals surface area contributed by atoms with Crippen LogP contribution in [0.1, 0.15) is 26.7 Å². The molecule has 100 valence electrons. The summed E-state index contributed by atoms with van der Waals surface area (Å²) in [6.07, 6.45) is 2.60. The van der Waals surface area contributed by atoms with Gasteiger partial charge in [0.25, 0.3) is 0 Å². The lowest BCUT2D eigenvalue weighted by molar-refractivity contribution is 0.219. The van der Waals surface area contributed by atoms with Crippen LogP contribution in [0.4, 0.5) is 0 Å². The van der Waals surface area contributed by atoms with Crippen molar-refractivity contribution in [1.29, 1.82) is 0 Å². The van der Waals surface area contributed by atoms with E-state index in [2.05, 4.69) is 12.2 Å². The Morgan fingerprint density at radius 2 is 1.83 bits per heavy atom. The summed E-state index contributed by atoms with van der Waals surface area (Å²) in [4.78, 5) is 0. The maximum absolute atomic E-state index is 5.75. The van der Waals surface area contributed by atoms with Gasteiger partial charge in [0.05, 0.1) is 6.61 Å². The van der Waals surface area contributed by atoms with Crippen molar-refractivity contribution in [3.63, 3.8) is 0 Å². The van der Waals surface area contributed by atoms with Gasteiger partial charge in [0.1, 0.15) is 6.61 Å². The highest BCUT2D eigenvalue weighted by Gasteiger charge is 2.24. The van der Waals surface area contributed by atoms with Crippen LogP contribution in [0.25, 0.3) is 0 Å². The molecule has 0 atom stereocenters. The summed E-state index contributed by atoms with van der Waals surface area (Å²) in [5.74, 6) is 2.56. The van der Waals surface area contributed by atoms with Gasteiger partial charge in [-0.25, -0.2) is 0 Å². The molecule has 0 amide bonds. The first-order valence-corrected chi connectivity index (χ1v) is 6.87. The summed E-state index contributed by atoms with van der Waals surface area (Å²) in [6, 6.07) is 8.53. The Hall–Kier alpha value is -1.22. The Balaban J connectivity index is 1.69. The first-order chi connectivity index (χ1) is 8.79. The van der Waals surface area contributed by atoms with E-state index in [-0.39, 0.29) is 0 Å². The van der Waals surface area contributed by atoms with Crippen LogP contribution in [0.3, 0.4) is 0 Å². The number of benzene rings is 1. The van der Waals surface area contributed by atoms with Crippen LogP contribution in [0.2, 0.25) is 0 Å². The van der Waals surface area contributed by atoms with Gasteiger partial charge in [0, 0.05) is 12.6 Å². The second-order valence-corrected chi connectivity index (χ2v) is 4.96. The van der Waals surface area contributed by atoms with Crippen molar-refractivity contribution in [2.75, 3.05) is 19.8 Å². The van der Waals surface area contributed by atoms with Gasteiger partial charge in [-0.15, -0.1) is 0 Å². The second-order valence-electron chi connectivity index (χ2n) is 4.96. The molecule has 1 aliphatic rings. The molecule has 0 radical (unpaired) electrons. The zero-order valence-electron chi connectivity index (χ0n) is 11.3. The van der Waals surface area contributed by atoms with Crippen LogP contribution in [-0.2, 0) is 0 Å². The Morgan fingerprint density at radius 3 is 2.44 bits per heavy atom. The van der Waals surface area contributed by atoms with Gasteiger partial charge in [-0.2, -0.15) is 0 Å². The van der Waals surface area contributed by atoms with E-state index in [4.69, 9.17) is 9.47 Å². The van der Waals surface area contributed by atoms with Crippen molar-refractivity contribution in [2.24, 2.45) is 5.92 Å². The molecule has 2 rings (SSSR count). The molecule has 3 heteroatoms. The van der Waals surface area contributed by atoms with Crippen LogP contribution < -0.4 is 14.8 Å². The van der Waals surface area contributed by atoms with Gasteiger partial charge >= 0.3 is 0 Å². The topological polar surface area (TPSA) is 30.5 Å². The molecule has 0 bridgehead atoms. The summed E-state index contributed by atoms with van der Waals surface area (Å²) in [5.41, 5.74) is 0. The van der Waals surface area contributed by atoms with Crippen LogP contribution in [0.15, 0.2) is 24.3 Å². The molecule has 3 nitrogen and oxygen atoms in total. The first-order valence-electron chi connectivity index (χ1n) is 6.87. The van der Waals surface area contributed by atoms with Crippen LogP contribution >= 0.6 is 0 Å². The molecular weight excluding hydrogens is 226 g/mol. The molecule has 1 fully saturated rings. The number of rotatable bonds is 7. The summed E-state index contributed by atoms with van der Waals surface area (Å²) in [7, 11) is 0. The van der Waals surface area contributed by atoms with E-state index < -0.39 is 0 Å². The standard InChI is InChI=1S/C15H23NO2/c1-3-17-14-6-4-5-7-15(14)18-9-8-16-13-10-12(2)11-13/h4-7,12-13,16H,3,8-11H2,1-2H3. The van der Waals surface area contributed by atoms with Gasteiger partial charge in [-0.3, -0.25) is 0 Å². The molecule has 0 aromatic heterocycles. The minimum atomic E-state index is 0.665. The molecule has 0 spiro atoms. The molecule has 0 saturated heterocycles. The monoisotopic (exact) mass is 249 g/mol. The predicted molar refractivity (Wildman–Crippen MR) is 73.3 cm³/mol. The average Bonchev–Trinajstić information content (AvgIpc) is 2.34. The molecule has 1 aromatic rings. The highest BCUT2D eigenvalue weighted by Crippen LogP contribution is 2.27. The first kappa shape index (κ1) is 13.2. The van der Waals surface area contributed by atoms with Gasteiger partial charge in [-0.05, 0) is 37.8 Å². The van der Waals surface area contributed by atoms with E-state index in [1.807, 2.05) is 31.2 Å². The molecule has 18 heavy (non-hydrogen) atoms. The molecule has 1 aromatic carbocycles. The summed E-state index contributed by atoms with van der Waals surface area (Å²) >= 11 is 0. The fraction of sp³-hybridized carbons (Fsp3) is 0.600. The third-order valence-corrected chi connectivity index (χ3v) is 3.32. The van der Waals surface area contributed by atoms with Gasteiger partial charge in [0.15, 0.2) is 11.5 Å². The Labute approximate surface area is 109 Å². The Bertz CT molecular complexity index is 361. The number of nitrogens with one attached hydrogen (secondary N) is 1. The quantitative estimate of drug-likeness (QED) is 0.754. The largest absolute Gasteiger partial charge is 0.490 e. The van der Waals surface area contributed by atoms with E-state index in [0.29, 0.717) is 19.3 Å². The molecule has 0 aliphatic heterocycles. The number of para-hydroxylation sites is 2. The van der Waals surface area contributed by atoms with Crippen molar-refractivity contribution in [2.45, 2.75) is 32.7 Å². The Morgan fingerprint density at radius 1 is 1.17 bits per heavy atom. The molecule has 0 unspecified atom stereocenters. The summed E-state index contributed by atoms with van der Waals surface area (Å²) < 4.78 is 11.3. The summed E-state index contributed by atoms with van der Waals surface area (Å²) in [6.45, 7) is 6.54. The van der Waals surface area contributed by atoms with E-state index >= 15 is 0 Å². The van der Waals surface area contributed by atoms with Crippen LogP contribution in [-0.4, -0.2) is 25.8 Å². The van der Waals surface area contributed by atoms with Crippen molar-refractivity contribution in [3.8, 4) is 11.5 Å². The van der Waals surface area contributed by atoms with E-state index in [1.165, 1.54) is 12.8 Å². The zero-order chi connectivity index (χ0) is 12.8. The minimum absolute atomic E-state index is 0.665. The maximum Gasteiger partial charge on any atom is 0.161 e. The van der Waals surface area contributed by atoms with Crippen LogP contribution in [0, 0.1) is 5.92 Å². The van der Waals surface area contributed by atoms with Crippen molar-refractivity contribution in [1.82, 2.24) is 5.32 Å². The van der Waals surface area contributed by atoms with Gasteiger partial charge < -0.3 is 14.8 Å². The van der Waals surface area contributed by atoms with Crippen LogP contribution in [0.5, 0.6) is 11.5 Å². The SMILES string of the molecule is CCOc1ccccc1OCCNC1CC(C)C1. The maximum atomic E-state index is 5.75. The second kappa shape index (κ2) is 6.64. The third kappa shape index (κ3) is 3.64. The Kier molecular flexibility index (Phi) is 4.88. The fourth-order valence-electron chi connectivity index (χ4n) is 2.34. The lowest BCUT2D eigenvalue weighted by atomic mass is 9.82. The molecule has 0 heterocycles. The highest BCUT2D eigenvalue weighted by atomic mass is 16.5. The minimum Gasteiger partial charge on any atom is -0.490 e. The average molecular weight is 249 g/mol. The van der Waals surface area contributed by atoms with Gasteiger partial charge in [-0.1, -0.05) is 19.1 Å². The van der Waals surface area contributed by atoms with E-state index in [1.54, 1.807) is 0 Å². The highest BCUT2D eigenvalue weighted by molar-refractivity contribution is 5.39. The van der Waals surface area contributed by atoms with Crippen molar-refractivity contribution in [3.05, 3.63) is 24.3 Å². The number of ether oxygens (including phenoxy) is 2. The van der Waals surface area contributed by atoms with E-state index in [9.17, 15) is 0 Å². The van der Waals surface area contributed by atoms with Crippen molar-refractivity contribution < 1.29 is 9.47 Å². The summed E-state index contributed by atoms with van der Waals surface area (Å²) in [5, 5.41) is 3.51. The lowest BCUT2D eigenvalue weighted by Gasteiger charge is -2.33. The smallest absolute Gasteiger partial charge is 0.161 e. The number of hydrogen-bond donors (Lipinski definition) is 1. The predicted octanol–water partition coefficient (Wildman–Crippen LogP) is 2.85. The molecule has 1 N–H and O–H groups in total. The number of hydrogen-bond acceptors (Lipinski definition) is 3.